The number of carbonyl (C=O) groups is 1. The SMILES string of the molecule is CSc1ccccc1NC(=O)C(C)n1nc([N+](=O)[O-])c(Br)c1C. The normalized spacial score (nSPS) is 12.0. The summed E-state index contributed by atoms with van der Waals surface area (Å²) in [7, 11) is 0. The number of thioether (sulfide) groups is 1. The third-order valence-corrected chi connectivity index (χ3v) is 5.07. The summed E-state index contributed by atoms with van der Waals surface area (Å²) in [4.78, 5) is 23.8. The first-order valence-corrected chi connectivity index (χ1v) is 8.71. The van der Waals surface area contributed by atoms with Crippen molar-refractivity contribution < 1.29 is 9.72 Å². The van der Waals surface area contributed by atoms with Crippen molar-refractivity contribution in [1.82, 2.24) is 9.78 Å². The number of carbonyl (C=O) groups excluding carboxylic acids is 1. The highest BCUT2D eigenvalue weighted by molar-refractivity contribution is 9.10. The number of rotatable bonds is 5. The van der Waals surface area contributed by atoms with Crippen LogP contribution in [-0.2, 0) is 4.79 Å². The van der Waals surface area contributed by atoms with Crippen molar-refractivity contribution in [2.24, 2.45) is 0 Å². The second kappa shape index (κ2) is 7.14. The Labute approximate surface area is 145 Å². The number of nitrogens with one attached hydrogen (secondary N) is 1. The van der Waals surface area contributed by atoms with Gasteiger partial charge in [-0.3, -0.25) is 4.79 Å². The van der Waals surface area contributed by atoms with Crippen molar-refractivity contribution in [2.45, 2.75) is 24.8 Å². The van der Waals surface area contributed by atoms with E-state index in [1.165, 1.54) is 16.4 Å². The smallest absolute Gasteiger partial charge is 0.358 e. The van der Waals surface area contributed by atoms with Gasteiger partial charge in [0.1, 0.15) is 10.5 Å². The van der Waals surface area contributed by atoms with Gasteiger partial charge in [0.05, 0.1) is 16.5 Å². The third kappa shape index (κ3) is 3.56. The van der Waals surface area contributed by atoms with Gasteiger partial charge in [0, 0.05) is 4.90 Å². The molecule has 0 aliphatic heterocycles. The molecule has 2 rings (SSSR count). The lowest BCUT2D eigenvalue weighted by molar-refractivity contribution is -0.390. The zero-order valence-corrected chi connectivity index (χ0v) is 15.1. The maximum atomic E-state index is 12.5. The van der Waals surface area contributed by atoms with Crippen LogP contribution in [0.4, 0.5) is 11.5 Å². The van der Waals surface area contributed by atoms with Crippen LogP contribution in [0.2, 0.25) is 0 Å². The van der Waals surface area contributed by atoms with Gasteiger partial charge in [-0.05, 0) is 53.1 Å². The molecule has 0 aliphatic rings. The Morgan fingerprint density at radius 3 is 2.70 bits per heavy atom. The fraction of sp³-hybridized carbons (Fsp3) is 0.286. The predicted octanol–water partition coefficient (Wildman–Crippen LogP) is 3.78. The minimum Gasteiger partial charge on any atom is -0.358 e. The summed E-state index contributed by atoms with van der Waals surface area (Å²) in [6, 6.07) is 6.76. The lowest BCUT2D eigenvalue weighted by atomic mass is 10.2. The average Bonchev–Trinajstić information content (AvgIpc) is 2.83. The molecule has 1 unspecified atom stereocenters. The van der Waals surface area contributed by atoms with Gasteiger partial charge in [-0.15, -0.1) is 11.8 Å². The van der Waals surface area contributed by atoms with E-state index >= 15 is 0 Å². The molecule has 1 aromatic carbocycles. The molecule has 0 saturated heterocycles. The lowest BCUT2D eigenvalue weighted by Crippen LogP contribution is -2.25. The molecule has 9 heteroatoms. The third-order valence-electron chi connectivity index (χ3n) is 3.34. The number of nitrogens with zero attached hydrogens (tertiary/aromatic N) is 3. The number of benzene rings is 1. The van der Waals surface area contributed by atoms with E-state index in [0.29, 0.717) is 11.4 Å². The first kappa shape index (κ1) is 17.5. The molecule has 0 spiro atoms. The van der Waals surface area contributed by atoms with Gasteiger partial charge in [0.15, 0.2) is 0 Å². The average molecular weight is 399 g/mol. The monoisotopic (exact) mass is 398 g/mol. The van der Waals surface area contributed by atoms with Crippen LogP contribution < -0.4 is 5.32 Å². The van der Waals surface area contributed by atoms with Crippen LogP contribution in [0.5, 0.6) is 0 Å². The Balaban J connectivity index is 2.27. The zero-order valence-electron chi connectivity index (χ0n) is 12.7. The van der Waals surface area contributed by atoms with Gasteiger partial charge in [0.25, 0.3) is 5.91 Å². The predicted molar refractivity (Wildman–Crippen MR) is 92.9 cm³/mol. The van der Waals surface area contributed by atoms with E-state index in [9.17, 15) is 14.9 Å². The summed E-state index contributed by atoms with van der Waals surface area (Å²) in [5.74, 6) is -0.592. The Hall–Kier alpha value is -1.87. The quantitative estimate of drug-likeness (QED) is 0.470. The van der Waals surface area contributed by atoms with E-state index in [-0.39, 0.29) is 16.2 Å². The molecule has 1 N–H and O–H groups in total. The minimum atomic E-state index is -0.685. The summed E-state index contributed by atoms with van der Waals surface area (Å²) in [6.07, 6.45) is 1.92. The topological polar surface area (TPSA) is 90.1 Å². The number of halogens is 1. The number of amides is 1. The fourth-order valence-electron chi connectivity index (χ4n) is 2.07. The van der Waals surface area contributed by atoms with Gasteiger partial charge in [-0.2, -0.15) is 4.68 Å². The summed E-state index contributed by atoms with van der Waals surface area (Å²) >= 11 is 4.67. The van der Waals surface area contributed by atoms with Crippen molar-refractivity contribution >= 4 is 45.1 Å². The van der Waals surface area contributed by atoms with Crippen molar-refractivity contribution in [1.29, 1.82) is 0 Å². The minimum absolute atomic E-state index is 0.284. The largest absolute Gasteiger partial charge is 0.404 e. The molecule has 0 radical (unpaired) electrons. The maximum Gasteiger partial charge on any atom is 0.404 e. The first-order chi connectivity index (χ1) is 10.9. The van der Waals surface area contributed by atoms with Crippen LogP contribution in [0.3, 0.4) is 0 Å². The molecular formula is C14H15BrN4O3S. The molecule has 0 bridgehead atoms. The number of nitro groups is 1. The van der Waals surface area contributed by atoms with Crippen LogP contribution in [-0.4, -0.2) is 26.9 Å². The van der Waals surface area contributed by atoms with E-state index in [1.807, 2.05) is 30.5 Å². The zero-order chi connectivity index (χ0) is 17.1. The summed E-state index contributed by atoms with van der Waals surface area (Å²) in [5.41, 5.74) is 1.23. The fourth-order valence-corrected chi connectivity index (χ4v) is 3.03. The van der Waals surface area contributed by atoms with Crippen LogP contribution in [0, 0.1) is 17.0 Å². The summed E-state index contributed by atoms with van der Waals surface area (Å²) in [5, 5.41) is 17.7. The number of aromatic nitrogens is 2. The molecule has 1 atom stereocenters. The molecule has 0 saturated carbocycles. The van der Waals surface area contributed by atoms with Crippen LogP contribution in [0.1, 0.15) is 18.7 Å². The van der Waals surface area contributed by atoms with E-state index in [4.69, 9.17) is 0 Å². The van der Waals surface area contributed by atoms with Gasteiger partial charge >= 0.3 is 5.82 Å². The van der Waals surface area contributed by atoms with Crippen LogP contribution in [0.25, 0.3) is 0 Å². The Morgan fingerprint density at radius 1 is 1.48 bits per heavy atom. The van der Waals surface area contributed by atoms with Crippen molar-refractivity contribution in [3.8, 4) is 0 Å². The number of hydrogen-bond acceptors (Lipinski definition) is 5. The number of anilines is 1. The Bertz CT molecular complexity index is 762. The molecule has 2 aromatic rings. The van der Waals surface area contributed by atoms with Crippen molar-refractivity contribution in [2.75, 3.05) is 11.6 Å². The molecule has 122 valence electrons. The van der Waals surface area contributed by atoms with E-state index in [1.54, 1.807) is 13.8 Å². The first-order valence-electron chi connectivity index (χ1n) is 6.69. The molecule has 1 amide bonds. The standard InChI is InChI=1S/C14H15BrN4O3S/c1-8-12(15)13(19(21)22)17-18(8)9(2)14(20)16-10-6-4-5-7-11(10)23-3/h4-7,9H,1-3H3,(H,16,20). The highest BCUT2D eigenvalue weighted by Gasteiger charge is 2.29. The van der Waals surface area contributed by atoms with E-state index in [2.05, 4.69) is 26.3 Å². The second-order valence-corrected chi connectivity index (χ2v) is 6.43. The Kier molecular flexibility index (Phi) is 5.42. The Morgan fingerprint density at radius 2 is 2.13 bits per heavy atom. The lowest BCUT2D eigenvalue weighted by Gasteiger charge is -2.13. The molecule has 0 aliphatic carbocycles. The van der Waals surface area contributed by atoms with Crippen LogP contribution >= 0.6 is 27.7 Å². The highest BCUT2D eigenvalue weighted by Crippen LogP contribution is 2.30. The summed E-state index contributed by atoms with van der Waals surface area (Å²) in [6.45, 7) is 3.32. The van der Waals surface area contributed by atoms with Gasteiger partial charge < -0.3 is 15.4 Å². The van der Waals surface area contributed by atoms with Crippen molar-refractivity contribution in [3.63, 3.8) is 0 Å². The van der Waals surface area contributed by atoms with Gasteiger partial charge in [0.2, 0.25) is 0 Å². The molecule has 0 fully saturated rings. The maximum absolute atomic E-state index is 12.5. The number of para-hydroxylation sites is 1. The molecule has 1 heterocycles. The van der Waals surface area contributed by atoms with E-state index in [0.717, 1.165) is 4.90 Å². The van der Waals surface area contributed by atoms with Gasteiger partial charge in [-0.1, -0.05) is 12.1 Å². The molecule has 1 aromatic heterocycles. The summed E-state index contributed by atoms with van der Waals surface area (Å²) < 4.78 is 1.63. The van der Waals surface area contributed by atoms with E-state index < -0.39 is 11.0 Å². The highest BCUT2D eigenvalue weighted by atomic mass is 79.9. The second-order valence-electron chi connectivity index (χ2n) is 4.79. The van der Waals surface area contributed by atoms with Crippen molar-refractivity contribution in [3.05, 3.63) is 44.5 Å². The van der Waals surface area contributed by atoms with Crippen LogP contribution in [0.15, 0.2) is 33.6 Å². The number of hydrogen-bond donors (Lipinski definition) is 1. The molecule has 23 heavy (non-hydrogen) atoms. The molecular weight excluding hydrogens is 384 g/mol. The molecule has 7 nitrogen and oxygen atoms in total. The van der Waals surface area contributed by atoms with Gasteiger partial charge in [-0.25, -0.2) is 0 Å².